The van der Waals surface area contributed by atoms with E-state index < -0.39 is 0 Å². The molecule has 0 unspecified atom stereocenters. The van der Waals surface area contributed by atoms with Gasteiger partial charge in [0.25, 0.3) is 0 Å². The zero-order chi connectivity index (χ0) is 12.9. The smallest absolute Gasteiger partial charge is 0.177 e. The first-order valence-corrected chi connectivity index (χ1v) is 8.11. The van der Waals surface area contributed by atoms with Gasteiger partial charge in [-0.2, -0.15) is 0 Å². The van der Waals surface area contributed by atoms with Gasteiger partial charge in [0.05, 0.1) is 0 Å². The molecule has 1 nitrogen and oxygen atoms in total. The van der Waals surface area contributed by atoms with Gasteiger partial charge in [0.1, 0.15) is 0 Å². The van der Waals surface area contributed by atoms with Gasteiger partial charge in [-0.1, -0.05) is 58.3 Å². The van der Waals surface area contributed by atoms with E-state index in [-0.39, 0.29) is 5.12 Å². The Morgan fingerprint density at radius 2 is 1.29 bits per heavy atom. The molecule has 0 fully saturated rings. The minimum atomic E-state index is 0.276. The molecule has 0 radical (unpaired) electrons. The Kier molecular flexibility index (Phi) is 12.3. The predicted octanol–water partition coefficient (Wildman–Crippen LogP) is 5.11. The summed E-state index contributed by atoms with van der Waals surface area (Å²) >= 11 is 0.931. The number of hydrogen-bond donors (Lipinski definition) is 1. The van der Waals surface area contributed by atoms with Crippen molar-refractivity contribution in [1.29, 1.82) is 0 Å². The summed E-state index contributed by atoms with van der Waals surface area (Å²) in [5.74, 6) is 0. The number of thiol groups is 1. The van der Waals surface area contributed by atoms with Crippen LogP contribution in [0.3, 0.4) is 0 Å². The molecule has 0 aliphatic rings. The van der Waals surface area contributed by atoms with Gasteiger partial charge in [-0.05, 0) is 24.6 Å². The van der Waals surface area contributed by atoms with Crippen molar-refractivity contribution in [1.82, 2.24) is 0 Å². The van der Waals surface area contributed by atoms with Crippen molar-refractivity contribution in [3.05, 3.63) is 0 Å². The largest absolute Gasteiger partial charge is 0.288 e. The first-order chi connectivity index (χ1) is 8.16. The van der Waals surface area contributed by atoms with Crippen LogP contribution in [0.1, 0.15) is 85.0 Å². The van der Waals surface area contributed by atoms with E-state index in [2.05, 4.69) is 13.8 Å². The van der Waals surface area contributed by atoms with E-state index in [1.54, 1.807) is 6.92 Å². The van der Waals surface area contributed by atoms with Crippen molar-refractivity contribution in [2.45, 2.75) is 85.0 Å². The highest BCUT2D eigenvalue weighted by atomic mass is 32.1. The summed E-state index contributed by atoms with van der Waals surface area (Å²) < 4.78 is 0. The van der Waals surface area contributed by atoms with Crippen molar-refractivity contribution in [3.8, 4) is 0 Å². The van der Waals surface area contributed by atoms with Crippen LogP contribution < -0.4 is 0 Å². The van der Waals surface area contributed by atoms with Gasteiger partial charge in [0, 0.05) is 6.92 Å². The molecule has 2 heteroatoms. The second kappa shape index (κ2) is 12.3. The molecule has 0 aromatic rings. The third kappa shape index (κ3) is 13.8. The average molecular weight is 258 g/mol. The van der Waals surface area contributed by atoms with E-state index in [4.69, 9.17) is 0 Å². The van der Waals surface area contributed by atoms with Crippen LogP contribution in [0.2, 0.25) is 0 Å². The number of rotatable bonds is 10. The van der Waals surface area contributed by atoms with Gasteiger partial charge in [-0.25, -0.2) is 0 Å². The van der Waals surface area contributed by atoms with E-state index in [1.165, 1.54) is 62.7 Å². The third-order valence-electron chi connectivity index (χ3n) is 2.99. The maximum Gasteiger partial charge on any atom is 0.177 e. The lowest BCUT2D eigenvalue weighted by atomic mass is 10.1. The van der Waals surface area contributed by atoms with Crippen LogP contribution in [0.5, 0.6) is 0 Å². The van der Waals surface area contributed by atoms with Crippen molar-refractivity contribution in [2.24, 2.45) is 0 Å². The van der Waals surface area contributed by atoms with Gasteiger partial charge < -0.3 is 0 Å². The molecule has 0 N–H and O–H groups in total. The van der Waals surface area contributed by atoms with Crippen molar-refractivity contribution < 1.29 is 4.79 Å². The summed E-state index contributed by atoms with van der Waals surface area (Å²) in [7, 11) is 0. The molecular formula is C15H30OS. The first kappa shape index (κ1) is 16.9. The molecule has 0 rings (SSSR count). The third-order valence-corrected chi connectivity index (χ3v) is 3.91. The highest BCUT2D eigenvalue weighted by Crippen LogP contribution is 2.11. The minimum Gasteiger partial charge on any atom is -0.288 e. The molecule has 0 aliphatic heterocycles. The molecule has 0 atom stereocenters. The zero-order valence-electron chi connectivity index (χ0n) is 11.9. The molecular weight excluding hydrogens is 228 g/mol. The molecule has 0 aliphatic carbocycles. The summed E-state index contributed by atoms with van der Waals surface area (Å²) in [6.07, 6.45) is 13.5. The lowest BCUT2D eigenvalue weighted by molar-refractivity contribution is -0.109. The fraction of sp³-hybridized carbons (Fsp3) is 0.867. The SMILES string of the molecule is CCCCCCCCCCCC(C)=[SH]C(C)=O. The fourth-order valence-electron chi connectivity index (χ4n) is 2.02. The topological polar surface area (TPSA) is 17.1 Å². The Morgan fingerprint density at radius 3 is 1.76 bits per heavy atom. The molecule has 0 amide bonds. The fourth-order valence-corrected chi connectivity index (χ4v) is 2.82. The Bertz CT molecular complexity index is 221. The summed E-state index contributed by atoms with van der Waals surface area (Å²) in [5.41, 5.74) is 0. The van der Waals surface area contributed by atoms with Crippen LogP contribution in [0.15, 0.2) is 0 Å². The van der Waals surface area contributed by atoms with Crippen LogP contribution in [0.4, 0.5) is 0 Å². The molecule has 102 valence electrons. The molecule has 0 saturated carbocycles. The Balaban J connectivity index is 3.21. The van der Waals surface area contributed by atoms with Gasteiger partial charge in [0.2, 0.25) is 0 Å². The van der Waals surface area contributed by atoms with Crippen molar-refractivity contribution in [2.75, 3.05) is 0 Å². The van der Waals surface area contributed by atoms with E-state index in [0.717, 1.165) is 17.8 Å². The van der Waals surface area contributed by atoms with Crippen LogP contribution in [0, 0.1) is 0 Å². The zero-order valence-corrected chi connectivity index (χ0v) is 12.8. The summed E-state index contributed by atoms with van der Waals surface area (Å²) in [4.78, 5) is 12.2. The first-order valence-electron chi connectivity index (χ1n) is 7.21. The molecule has 0 saturated heterocycles. The predicted molar refractivity (Wildman–Crippen MR) is 82.2 cm³/mol. The lowest BCUT2D eigenvalue weighted by Gasteiger charge is -2.02. The Labute approximate surface area is 111 Å². The monoisotopic (exact) mass is 258 g/mol. The summed E-state index contributed by atoms with van der Waals surface area (Å²) in [6, 6.07) is 0. The number of unbranched alkanes of at least 4 members (excludes halogenated alkanes) is 8. The molecule has 17 heavy (non-hydrogen) atoms. The van der Waals surface area contributed by atoms with Gasteiger partial charge in [-0.15, -0.1) is 11.4 Å². The van der Waals surface area contributed by atoms with E-state index >= 15 is 0 Å². The highest BCUT2D eigenvalue weighted by molar-refractivity contribution is 8.12. The van der Waals surface area contributed by atoms with Crippen LogP contribution in [0.25, 0.3) is 0 Å². The van der Waals surface area contributed by atoms with E-state index in [0.29, 0.717) is 0 Å². The van der Waals surface area contributed by atoms with Gasteiger partial charge in [0.15, 0.2) is 5.12 Å². The summed E-state index contributed by atoms with van der Waals surface area (Å²) in [6.45, 7) is 6.04. The molecule has 0 heterocycles. The molecule has 0 spiro atoms. The van der Waals surface area contributed by atoms with Crippen molar-refractivity contribution in [3.63, 3.8) is 0 Å². The lowest BCUT2D eigenvalue weighted by Crippen LogP contribution is -1.91. The van der Waals surface area contributed by atoms with Crippen LogP contribution >= 0.6 is 11.4 Å². The summed E-state index contributed by atoms with van der Waals surface area (Å²) in [5, 5.41) is 0.276. The number of carbonyl (C=O) groups is 1. The van der Waals surface area contributed by atoms with Gasteiger partial charge >= 0.3 is 0 Å². The quantitative estimate of drug-likeness (QED) is 0.327. The molecule has 0 aromatic carbocycles. The Hall–Kier alpha value is -0.110. The second-order valence-electron chi connectivity index (χ2n) is 4.94. The van der Waals surface area contributed by atoms with Gasteiger partial charge in [-0.3, -0.25) is 4.79 Å². The van der Waals surface area contributed by atoms with Crippen molar-refractivity contribution >= 4 is 21.3 Å². The standard InChI is InChI=1S/C15H30OS/c1-4-5-6-7-8-9-10-11-12-13-14(2)17-15(3)16/h17H,4-13H2,1-3H3. The second-order valence-corrected chi connectivity index (χ2v) is 6.56. The molecule has 0 aromatic heterocycles. The van der Waals surface area contributed by atoms with E-state index in [1.807, 2.05) is 0 Å². The maximum atomic E-state index is 10.9. The maximum absolute atomic E-state index is 10.9. The normalized spacial score (nSPS) is 12.3. The Morgan fingerprint density at radius 1 is 0.824 bits per heavy atom. The van der Waals surface area contributed by atoms with Crippen LogP contribution in [-0.2, 0) is 4.79 Å². The molecule has 0 bridgehead atoms. The minimum absolute atomic E-state index is 0.276. The average Bonchev–Trinajstić information content (AvgIpc) is 2.26. The van der Waals surface area contributed by atoms with E-state index in [9.17, 15) is 4.79 Å². The number of hydrogen-bond acceptors (Lipinski definition) is 1. The highest BCUT2D eigenvalue weighted by Gasteiger charge is 1.94. The van der Waals surface area contributed by atoms with Crippen LogP contribution in [-0.4, -0.2) is 9.98 Å². The number of carbonyl (C=O) groups excluding carboxylic acids is 1.